The van der Waals surface area contributed by atoms with Crippen LogP contribution >= 0.6 is 0 Å². The Labute approximate surface area is 168 Å². The number of piperidine rings is 1. The lowest BCUT2D eigenvalue weighted by atomic mass is 9.90. The molecule has 28 heavy (non-hydrogen) atoms. The standard InChI is InChI=1S/C20H32N4O3S/c1-2-28(26,27)24-14-9-18-19(16-24)23(15-17-7-11-21-12-8-17)13-6-4-3-5-10-22-20(18)25/h7-8,11-12,18-19H,2-6,9-10,13-16H2,1H3,(H,22,25)/t18-,19-/m1/s1. The Morgan fingerprint density at radius 2 is 1.89 bits per heavy atom. The number of rotatable bonds is 4. The van der Waals surface area contributed by atoms with Crippen LogP contribution < -0.4 is 5.32 Å². The number of pyridine rings is 1. The van der Waals surface area contributed by atoms with Crippen LogP contribution in [0, 0.1) is 5.92 Å². The monoisotopic (exact) mass is 408 g/mol. The van der Waals surface area contributed by atoms with Crippen LogP contribution in [-0.2, 0) is 21.4 Å². The van der Waals surface area contributed by atoms with Gasteiger partial charge in [-0.2, -0.15) is 0 Å². The third-order valence-corrected chi connectivity index (χ3v) is 7.76. The molecule has 2 saturated heterocycles. The van der Waals surface area contributed by atoms with Gasteiger partial charge in [0.15, 0.2) is 0 Å². The second kappa shape index (κ2) is 9.80. The molecule has 3 heterocycles. The molecule has 0 saturated carbocycles. The van der Waals surface area contributed by atoms with Crippen LogP contribution in [0.1, 0.15) is 44.6 Å². The van der Waals surface area contributed by atoms with Crippen molar-refractivity contribution in [3.63, 3.8) is 0 Å². The number of amides is 1. The van der Waals surface area contributed by atoms with E-state index < -0.39 is 10.0 Å². The van der Waals surface area contributed by atoms with E-state index in [9.17, 15) is 13.2 Å². The zero-order chi connectivity index (χ0) is 20.0. The molecule has 0 aromatic carbocycles. The van der Waals surface area contributed by atoms with E-state index in [2.05, 4.69) is 15.2 Å². The van der Waals surface area contributed by atoms with Crippen LogP contribution in [0.25, 0.3) is 0 Å². The number of hydrogen-bond acceptors (Lipinski definition) is 5. The summed E-state index contributed by atoms with van der Waals surface area (Å²) in [4.78, 5) is 19.3. The maximum absolute atomic E-state index is 12.9. The number of nitrogens with one attached hydrogen (secondary N) is 1. The molecule has 1 N–H and O–H groups in total. The molecule has 2 atom stereocenters. The Bertz CT molecular complexity index is 741. The van der Waals surface area contributed by atoms with Crippen molar-refractivity contribution in [3.8, 4) is 0 Å². The van der Waals surface area contributed by atoms with E-state index in [4.69, 9.17) is 0 Å². The molecule has 0 aliphatic carbocycles. The third kappa shape index (κ3) is 5.30. The zero-order valence-corrected chi connectivity index (χ0v) is 17.5. The average molecular weight is 409 g/mol. The van der Waals surface area contributed by atoms with E-state index in [1.54, 1.807) is 23.6 Å². The van der Waals surface area contributed by atoms with Crippen LogP contribution in [-0.4, -0.2) is 66.5 Å². The molecule has 2 aliphatic heterocycles. The first kappa shape index (κ1) is 21.2. The lowest BCUT2D eigenvalue weighted by Gasteiger charge is -2.43. The summed E-state index contributed by atoms with van der Waals surface area (Å²) in [5.74, 6) is -0.00979. The van der Waals surface area contributed by atoms with Gasteiger partial charge in [0.05, 0.1) is 11.7 Å². The van der Waals surface area contributed by atoms with Gasteiger partial charge in [-0.25, -0.2) is 12.7 Å². The quantitative estimate of drug-likeness (QED) is 0.819. The number of sulfonamides is 1. The highest BCUT2D eigenvalue weighted by atomic mass is 32.2. The molecule has 0 bridgehead atoms. The molecule has 0 spiro atoms. The number of hydrogen-bond donors (Lipinski definition) is 1. The number of carbonyl (C=O) groups is 1. The molecule has 8 heteroatoms. The molecule has 1 aromatic rings. The fraction of sp³-hybridized carbons (Fsp3) is 0.700. The van der Waals surface area contributed by atoms with E-state index in [-0.39, 0.29) is 23.6 Å². The van der Waals surface area contributed by atoms with Gasteiger partial charge in [0, 0.05) is 44.6 Å². The minimum atomic E-state index is -3.27. The average Bonchev–Trinajstić information content (AvgIpc) is 2.74. The molecular formula is C20H32N4O3S. The van der Waals surface area contributed by atoms with Gasteiger partial charge in [0.25, 0.3) is 0 Å². The molecular weight excluding hydrogens is 376 g/mol. The summed E-state index contributed by atoms with van der Waals surface area (Å²) < 4.78 is 26.6. The highest BCUT2D eigenvalue weighted by Gasteiger charge is 2.40. The highest BCUT2D eigenvalue weighted by molar-refractivity contribution is 7.89. The summed E-state index contributed by atoms with van der Waals surface area (Å²) in [5, 5.41) is 3.09. The van der Waals surface area contributed by atoms with Crippen LogP contribution in [0.3, 0.4) is 0 Å². The van der Waals surface area contributed by atoms with E-state index in [1.165, 1.54) is 0 Å². The Kier molecular flexibility index (Phi) is 7.42. The van der Waals surface area contributed by atoms with Crippen molar-refractivity contribution in [2.45, 2.75) is 51.6 Å². The Morgan fingerprint density at radius 1 is 1.14 bits per heavy atom. The maximum Gasteiger partial charge on any atom is 0.224 e. The molecule has 2 aliphatic rings. The van der Waals surface area contributed by atoms with Gasteiger partial charge >= 0.3 is 0 Å². The second-order valence-corrected chi connectivity index (χ2v) is 10.0. The summed E-state index contributed by atoms with van der Waals surface area (Å²) in [6.07, 6.45) is 8.42. The van der Waals surface area contributed by atoms with Crippen LogP contribution in [0.4, 0.5) is 0 Å². The number of fused-ring (bicyclic) bond motifs is 1. The van der Waals surface area contributed by atoms with Crippen molar-refractivity contribution >= 4 is 15.9 Å². The van der Waals surface area contributed by atoms with Crippen molar-refractivity contribution in [3.05, 3.63) is 30.1 Å². The first-order chi connectivity index (χ1) is 13.5. The summed E-state index contributed by atoms with van der Waals surface area (Å²) in [6.45, 7) is 4.78. The number of carbonyl (C=O) groups excluding carboxylic acids is 1. The maximum atomic E-state index is 12.9. The van der Waals surface area contributed by atoms with E-state index in [0.29, 0.717) is 32.6 Å². The first-order valence-corrected chi connectivity index (χ1v) is 12.0. The topological polar surface area (TPSA) is 82.6 Å². The summed E-state index contributed by atoms with van der Waals surface area (Å²) in [7, 11) is -3.27. The predicted octanol–water partition coefficient (Wildman–Crippen LogP) is 1.61. The van der Waals surface area contributed by atoms with Crippen molar-refractivity contribution in [1.82, 2.24) is 19.5 Å². The Balaban J connectivity index is 1.88. The van der Waals surface area contributed by atoms with Gasteiger partial charge in [-0.3, -0.25) is 14.7 Å². The fourth-order valence-corrected chi connectivity index (χ4v) is 5.36. The van der Waals surface area contributed by atoms with Crippen LogP contribution in [0.15, 0.2) is 24.5 Å². The van der Waals surface area contributed by atoms with Crippen LogP contribution in [0.5, 0.6) is 0 Å². The van der Waals surface area contributed by atoms with Gasteiger partial charge < -0.3 is 5.32 Å². The smallest absolute Gasteiger partial charge is 0.224 e. The highest BCUT2D eigenvalue weighted by Crippen LogP contribution is 2.27. The van der Waals surface area contributed by atoms with Gasteiger partial charge in [0.2, 0.25) is 15.9 Å². The van der Waals surface area contributed by atoms with Gasteiger partial charge in [-0.1, -0.05) is 12.8 Å². The van der Waals surface area contributed by atoms with E-state index >= 15 is 0 Å². The van der Waals surface area contributed by atoms with Crippen molar-refractivity contribution in [2.24, 2.45) is 5.92 Å². The summed E-state index contributed by atoms with van der Waals surface area (Å²) in [6, 6.07) is 3.87. The molecule has 0 radical (unpaired) electrons. The minimum Gasteiger partial charge on any atom is -0.356 e. The van der Waals surface area contributed by atoms with Gasteiger partial charge in [0.1, 0.15) is 0 Å². The van der Waals surface area contributed by atoms with Crippen molar-refractivity contribution in [2.75, 3.05) is 31.9 Å². The van der Waals surface area contributed by atoms with Crippen molar-refractivity contribution in [1.29, 1.82) is 0 Å². The first-order valence-electron chi connectivity index (χ1n) is 10.4. The normalized spacial score (nSPS) is 26.1. The lowest BCUT2D eigenvalue weighted by molar-refractivity contribution is -0.129. The second-order valence-electron chi connectivity index (χ2n) is 7.75. The largest absolute Gasteiger partial charge is 0.356 e. The fourth-order valence-electron chi connectivity index (χ4n) is 4.23. The Morgan fingerprint density at radius 3 is 2.64 bits per heavy atom. The predicted molar refractivity (Wildman–Crippen MR) is 109 cm³/mol. The van der Waals surface area contributed by atoms with Crippen LogP contribution in [0.2, 0.25) is 0 Å². The molecule has 156 valence electrons. The summed E-state index contributed by atoms with van der Waals surface area (Å²) >= 11 is 0. The molecule has 1 amide bonds. The van der Waals surface area contributed by atoms with Crippen molar-refractivity contribution < 1.29 is 13.2 Å². The summed E-state index contributed by atoms with van der Waals surface area (Å²) in [5.41, 5.74) is 1.14. The van der Waals surface area contributed by atoms with Gasteiger partial charge in [-0.15, -0.1) is 0 Å². The number of nitrogens with zero attached hydrogens (tertiary/aromatic N) is 3. The molecule has 1 aromatic heterocycles. The SMILES string of the molecule is CCS(=O)(=O)N1CC[C@H]2C(=O)NCCCCCCN(Cc3ccncc3)[C@@H]2C1. The van der Waals surface area contributed by atoms with E-state index in [0.717, 1.165) is 37.8 Å². The Hall–Kier alpha value is -1.51. The lowest BCUT2D eigenvalue weighted by Crippen LogP contribution is -2.57. The van der Waals surface area contributed by atoms with E-state index in [1.807, 2.05) is 12.1 Å². The molecule has 3 rings (SSSR count). The molecule has 0 unspecified atom stereocenters. The molecule has 7 nitrogen and oxygen atoms in total. The number of aromatic nitrogens is 1. The third-order valence-electron chi connectivity index (χ3n) is 5.91. The van der Waals surface area contributed by atoms with Gasteiger partial charge in [-0.05, 0) is 50.4 Å². The zero-order valence-electron chi connectivity index (χ0n) is 16.7. The molecule has 2 fully saturated rings. The minimum absolute atomic E-state index is 0.0696.